The van der Waals surface area contributed by atoms with Gasteiger partial charge in [0.2, 0.25) is 0 Å². The Kier molecular flexibility index (Phi) is 5.24. The molecular formula is C14H21N3O4S. The number of morpholine rings is 1. The average molecular weight is 327 g/mol. The lowest BCUT2D eigenvalue weighted by Crippen LogP contribution is -2.36. The molecule has 122 valence electrons. The Morgan fingerprint density at radius 1 is 1.32 bits per heavy atom. The number of thiazole rings is 1. The van der Waals surface area contributed by atoms with Gasteiger partial charge in [-0.15, -0.1) is 11.3 Å². The summed E-state index contributed by atoms with van der Waals surface area (Å²) in [7, 11) is 0. The van der Waals surface area contributed by atoms with Crippen molar-refractivity contribution in [3.05, 3.63) is 11.1 Å². The Morgan fingerprint density at radius 2 is 2.09 bits per heavy atom. The van der Waals surface area contributed by atoms with Crippen molar-refractivity contribution in [3.63, 3.8) is 0 Å². The molecule has 22 heavy (non-hydrogen) atoms. The first-order chi connectivity index (χ1) is 10.7. The monoisotopic (exact) mass is 327 g/mol. The van der Waals surface area contributed by atoms with Gasteiger partial charge in [-0.25, -0.2) is 4.98 Å². The topological polar surface area (TPSA) is 75.1 Å². The highest BCUT2D eigenvalue weighted by Gasteiger charge is 2.25. The van der Waals surface area contributed by atoms with Gasteiger partial charge in [-0.3, -0.25) is 9.69 Å². The maximum absolute atomic E-state index is 11.2. The number of carboxylic acid groups (broad SMARTS) is 1. The molecule has 0 spiro atoms. The molecule has 1 aromatic rings. The van der Waals surface area contributed by atoms with Gasteiger partial charge >= 0.3 is 5.97 Å². The summed E-state index contributed by atoms with van der Waals surface area (Å²) < 4.78 is 10.7. The van der Waals surface area contributed by atoms with Crippen LogP contribution in [0.5, 0.6) is 0 Å². The third kappa shape index (κ3) is 3.95. The number of anilines is 1. The van der Waals surface area contributed by atoms with E-state index in [0.717, 1.165) is 49.4 Å². The maximum atomic E-state index is 11.2. The van der Waals surface area contributed by atoms with E-state index in [0.29, 0.717) is 19.8 Å². The molecule has 2 fully saturated rings. The number of nitrogens with zero attached hydrogens (tertiary/aromatic N) is 3. The second kappa shape index (κ2) is 7.36. The number of aromatic nitrogens is 1. The average Bonchev–Trinajstić information content (AvgIpc) is 2.86. The minimum absolute atomic E-state index is 0.299. The zero-order chi connectivity index (χ0) is 15.4. The lowest BCUT2D eigenvalue weighted by atomic mass is 10.1. The van der Waals surface area contributed by atoms with Crippen molar-refractivity contribution in [1.82, 2.24) is 9.88 Å². The van der Waals surface area contributed by atoms with Crippen molar-refractivity contribution in [2.24, 2.45) is 5.92 Å². The zero-order valence-electron chi connectivity index (χ0n) is 12.4. The second-order valence-corrected chi connectivity index (χ2v) is 6.65. The van der Waals surface area contributed by atoms with Gasteiger partial charge in [0.25, 0.3) is 0 Å². The molecule has 2 saturated heterocycles. The smallest absolute Gasteiger partial charge is 0.310 e. The number of ether oxygens (including phenoxy) is 2. The van der Waals surface area contributed by atoms with Gasteiger partial charge in [0, 0.05) is 43.8 Å². The number of carbonyl (C=O) groups is 1. The van der Waals surface area contributed by atoms with E-state index in [1.54, 1.807) is 11.3 Å². The number of carboxylic acids is 1. The van der Waals surface area contributed by atoms with Gasteiger partial charge in [0.1, 0.15) is 0 Å². The van der Waals surface area contributed by atoms with Crippen LogP contribution < -0.4 is 4.90 Å². The van der Waals surface area contributed by atoms with Gasteiger partial charge in [0.15, 0.2) is 5.13 Å². The van der Waals surface area contributed by atoms with E-state index in [2.05, 4.69) is 14.8 Å². The molecule has 3 heterocycles. The first kappa shape index (κ1) is 15.7. The molecule has 1 atom stereocenters. The number of aliphatic carboxylic acids is 1. The second-order valence-electron chi connectivity index (χ2n) is 5.55. The van der Waals surface area contributed by atoms with Crippen molar-refractivity contribution in [2.75, 3.05) is 57.5 Å². The highest BCUT2D eigenvalue weighted by molar-refractivity contribution is 7.15. The predicted molar refractivity (Wildman–Crippen MR) is 82.4 cm³/mol. The van der Waals surface area contributed by atoms with Crippen LogP contribution in [0.15, 0.2) is 6.20 Å². The Morgan fingerprint density at radius 3 is 2.86 bits per heavy atom. The Hall–Kier alpha value is -1.22. The SMILES string of the molecule is O=C(O)C1COCCN(Cc2cnc(N3CCOCC3)s2)C1. The Labute approximate surface area is 133 Å². The van der Waals surface area contributed by atoms with Crippen molar-refractivity contribution < 1.29 is 19.4 Å². The summed E-state index contributed by atoms with van der Waals surface area (Å²) in [5.41, 5.74) is 0. The maximum Gasteiger partial charge on any atom is 0.310 e. The summed E-state index contributed by atoms with van der Waals surface area (Å²) in [6.45, 7) is 6.16. The molecule has 1 aromatic heterocycles. The fraction of sp³-hybridized carbons (Fsp3) is 0.714. The fourth-order valence-electron chi connectivity index (χ4n) is 2.66. The lowest BCUT2D eigenvalue weighted by molar-refractivity contribution is -0.143. The quantitative estimate of drug-likeness (QED) is 0.864. The van der Waals surface area contributed by atoms with Crippen LogP contribution in [0.25, 0.3) is 0 Å². The van der Waals surface area contributed by atoms with E-state index >= 15 is 0 Å². The van der Waals surface area contributed by atoms with Crippen LogP contribution in [0.1, 0.15) is 4.88 Å². The van der Waals surface area contributed by atoms with E-state index in [1.165, 1.54) is 0 Å². The molecular weight excluding hydrogens is 306 g/mol. The third-order valence-electron chi connectivity index (χ3n) is 3.90. The van der Waals surface area contributed by atoms with E-state index in [9.17, 15) is 9.90 Å². The molecule has 0 bridgehead atoms. The third-order valence-corrected chi connectivity index (χ3v) is 4.94. The molecule has 1 unspecified atom stereocenters. The molecule has 2 aliphatic heterocycles. The summed E-state index contributed by atoms with van der Waals surface area (Å²) in [4.78, 5) is 21.2. The highest BCUT2D eigenvalue weighted by atomic mass is 32.1. The van der Waals surface area contributed by atoms with Crippen LogP contribution >= 0.6 is 11.3 Å². The number of hydrogen-bond acceptors (Lipinski definition) is 7. The number of hydrogen-bond donors (Lipinski definition) is 1. The van der Waals surface area contributed by atoms with Crippen LogP contribution in [-0.2, 0) is 20.8 Å². The molecule has 0 saturated carbocycles. The van der Waals surface area contributed by atoms with E-state index in [1.807, 2.05) is 6.20 Å². The summed E-state index contributed by atoms with van der Waals surface area (Å²) in [6.07, 6.45) is 1.90. The predicted octanol–water partition coefficient (Wildman–Crippen LogP) is 0.513. The zero-order valence-corrected chi connectivity index (χ0v) is 13.3. The van der Waals surface area contributed by atoms with Gasteiger partial charge in [-0.1, -0.05) is 0 Å². The molecule has 7 nitrogen and oxygen atoms in total. The normalized spacial score (nSPS) is 24.2. The van der Waals surface area contributed by atoms with E-state index in [4.69, 9.17) is 9.47 Å². The summed E-state index contributed by atoms with van der Waals surface area (Å²) in [6, 6.07) is 0. The van der Waals surface area contributed by atoms with Crippen LogP contribution in [0.4, 0.5) is 5.13 Å². The van der Waals surface area contributed by atoms with E-state index in [-0.39, 0.29) is 0 Å². The summed E-state index contributed by atoms with van der Waals surface area (Å²) >= 11 is 1.68. The highest BCUT2D eigenvalue weighted by Crippen LogP contribution is 2.25. The van der Waals surface area contributed by atoms with Crippen molar-refractivity contribution in [3.8, 4) is 0 Å². The van der Waals surface area contributed by atoms with Crippen molar-refractivity contribution >= 4 is 22.4 Å². The van der Waals surface area contributed by atoms with Crippen LogP contribution in [0.2, 0.25) is 0 Å². The first-order valence-electron chi connectivity index (χ1n) is 7.52. The first-order valence-corrected chi connectivity index (χ1v) is 8.34. The molecule has 1 N–H and O–H groups in total. The van der Waals surface area contributed by atoms with Crippen LogP contribution in [-0.4, -0.2) is 73.6 Å². The van der Waals surface area contributed by atoms with Crippen molar-refractivity contribution in [2.45, 2.75) is 6.54 Å². The van der Waals surface area contributed by atoms with Crippen LogP contribution in [0.3, 0.4) is 0 Å². The minimum atomic E-state index is -0.787. The molecule has 0 aliphatic carbocycles. The largest absolute Gasteiger partial charge is 0.481 e. The lowest BCUT2D eigenvalue weighted by Gasteiger charge is -2.26. The molecule has 3 rings (SSSR count). The number of rotatable bonds is 4. The summed E-state index contributed by atoms with van der Waals surface area (Å²) in [5, 5.41) is 10.2. The van der Waals surface area contributed by atoms with Crippen molar-refractivity contribution in [1.29, 1.82) is 0 Å². The van der Waals surface area contributed by atoms with E-state index < -0.39 is 11.9 Å². The Bertz CT molecular complexity index is 504. The van der Waals surface area contributed by atoms with Crippen LogP contribution in [0, 0.1) is 5.92 Å². The Balaban J connectivity index is 1.60. The van der Waals surface area contributed by atoms with Gasteiger partial charge in [-0.2, -0.15) is 0 Å². The molecule has 2 aliphatic rings. The molecule has 8 heteroatoms. The molecule has 0 aromatic carbocycles. The fourth-order valence-corrected chi connectivity index (χ4v) is 3.66. The minimum Gasteiger partial charge on any atom is -0.481 e. The van der Waals surface area contributed by atoms with Gasteiger partial charge in [-0.05, 0) is 0 Å². The van der Waals surface area contributed by atoms with Gasteiger partial charge in [0.05, 0.1) is 32.3 Å². The molecule has 0 radical (unpaired) electrons. The molecule has 0 amide bonds. The summed E-state index contributed by atoms with van der Waals surface area (Å²) in [5.74, 6) is -1.24. The van der Waals surface area contributed by atoms with Gasteiger partial charge < -0.3 is 19.5 Å². The standard InChI is InChI=1S/C14H21N3O4S/c18-13(19)11-8-16(1-4-21-10-11)9-12-7-15-14(22-12)17-2-5-20-6-3-17/h7,11H,1-6,8-10H2,(H,18,19).